The van der Waals surface area contributed by atoms with E-state index in [9.17, 15) is 20.1 Å². The van der Waals surface area contributed by atoms with Gasteiger partial charge in [0.25, 0.3) is 0 Å². The van der Waals surface area contributed by atoms with Gasteiger partial charge in [-0.3, -0.25) is 4.79 Å². The Morgan fingerprint density at radius 1 is 0.972 bits per heavy atom. The molecule has 204 valence electrons. The van der Waals surface area contributed by atoms with Crippen LogP contribution < -0.4 is 0 Å². The fourth-order valence-electron chi connectivity index (χ4n) is 11.2. The number of rotatable bonds is 1. The first-order valence-electron chi connectivity index (χ1n) is 14.4. The van der Waals surface area contributed by atoms with Crippen LogP contribution in [0.5, 0.6) is 0 Å². The molecule has 0 aromatic carbocycles. The first-order chi connectivity index (χ1) is 16.5. The van der Waals surface area contributed by atoms with Crippen LogP contribution >= 0.6 is 0 Å². The highest BCUT2D eigenvalue weighted by atomic mass is 16.5. The van der Waals surface area contributed by atoms with E-state index in [1.807, 2.05) is 6.92 Å². The van der Waals surface area contributed by atoms with Crippen molar-refractivity contribution in [3.05, 3.63) is 11.6 Å². The van der Waals surface area contributed by atoms with E-state index in [0.717, 1.165) is 44.9 Å². The molecule has 36 heavy (non-hydrogen) atoms. The first-order valence-corrected chi connectivity index (χ1v) is 14.4. The molecule has 11 atom stereocenters. The fourth-order valence-corrected chi connectivity index (χ4v) is 11.2. The van der Waals surface area contributed by atoms with Crippen molar-refractivity contribution in [3.63, 3.8) is 0 Å². The third kappa shape index (κ3) is 2.97. The van der Waals surface area contributed by atoms with Crippen LogP contribution in [-0.2, 0) is 9.53 Å². The van der Waals surface area contributed by atoms with E-state index < -0.39 is 23.2 Å². The highest BCUT2D eigenvalue weighted by Crippen LogP contribution is 2.76. The van der Waals surface area contributed by atoms with Gasteiger partial charge in [0.1, 0.15) is 0 Å². The largest absolute Gasteiger partial charge is 0.469 e. The number of fused-ring (bicyclic) bond motifs is 7. The van der Waals surface area contributed by atoms with Gasteiger partial charge in [0.2, 0.25) is 0 Å². The molecule has 5 heteroatoms. The Balaban J connectivity index is 1.65. The summed E-state index contributed by atoms with van der Waals surface area (Å²) in [5.41, 5.74) is -0.928. The lowest BCUT2D eigenvalue weighted by atomic mass is 9.33. The Labute approximate surface area is 218 Å². The molecule has 0 aromatic heterocycles. The van der Waals surface area contributed by atoms with Crippen molar-refractivity contribution in [1.82, 2.24) is 0 Å². The molecule has 0 aliphatic heterocycles. The van der Waals surface area contributed by atoms with E-state index in [1.54, 1.807) is 0 Å². The van der Waals surface area contributed by atoms with E-state index in [4.69, 9.17) is 4.74 Å². The Kier molecular flexibility index (Phi) is 5.80. The first kappa shape index (κ1) is 26.7. The van der Waals surface area contributed by atoms with Crippen molar-refractivity contribution < 1.29 is 24.9 Å². The van der Waals surface area contributed by atoms with Crippen molar-refractivity contribution in [1.29, 1.82) is 0 Å². The molecule has 3 N–H and O–H groups in total. The number of carbonyl (C=O) groups excluding carboxylic acids is 1. The van der Waals surface area contributed by atoms with Crippen LogP contribution in [0.2, 0.25) is 0 Å². The molecule has 4 saturated carbocycles. The number of hydrogen-bond acceptors (Lipinski definition) is 5. The van der Waals surface area contributed by atoms with Crippen molar-refractivity contribution in [3.8, 4) is 0 Å². The molecular weight excluding hydrogens is 452 g/mol. The quantitative estimate of drug-likeness (QED) is 0.336. The summed E-state index contributed by atoms with van der Waals surface area (Å²) in [7, 11) is 1.49. The van der Waals surface area contributed by atoms with Gasteiger partial charge < -0.3 is 20.1 Å². The van der Waals surface area contributed by atoms with Crippen molar-refractivity contribution >= 4 is 5.97 Å². The maximum atomic E-state index is 13.4. The summed E-state index contributed by atoms with van der Waals surface area (Å²) in [5.74, 6) is 0.430. The van der Waals surface area contributed by atoms with Gasteiger partial charge in [-0.05, 0) is 97.7 Å². The molecule has 5 aliphatic rings. The molecule has 0 radical (unpaired) electrons. The normalized spacial score (nSPS) is 55.8. The van der Waals surface area contributed by atoms with Crippen molar-refractivity contribution in [2.45, 2.75) is 118 Å². The van der Waals surface area contributed by atoms with Gasteiger partial charge in [-0.2, -0.15) is 0 Å². The van der Waals surface area contributed by atoms with E-state index in [2.05, 4.69) is 47.6 Å². The number of aliphatic hydroxyl groups is 3. The number of ether oxygens (including phenoxy) is 1. The Morgan fingerprint density at radius 3 is 2.28 bits per heavy atom. The molecule has 4 fully saturated rings. The summed E-state index contributed by atoms with van der Waals surface area (Å²) >= 11 is 0. The van der Waals surface area contributed by atoms with Crippen LogP contribution in [0.25, 0.3) is 0 Å². The zero-order valence-corrected chi connectivity index (χ0v) is 23.9. The molecule has 0 bridgehead atoms. The predicted octanol–water partition coefficient (Wildman–Crippen LogP) is 5.26. The van der Waals surface area contributed by atoms with Crippen molar-refractivity contribution in [2.24, 2.45) is 50.7 Å². The maximum Gasteiger partial charge on any atom is 0.312 e. The van der Waals surface area contributed by atoms with Crippen LogP contribution in [0.15, 0.2) is 11.6 Å². The van der Waals surface area contributed by atoms with E-state index >= 15 is 0 Å². The van der Waals surface area contributed by atoms with Gasteiger partial charge in [0, 0.05) is 5.92 Å². The minimum atomic E-state index is -0.975. The third-order valence-corrected chi connectivity index (χ3v) is 13.6. The average Bonchev–Trinajstić information content (AvgIpc) is 2.80. The summed E-state index contributed by atoms with van der Waals surface area (Å²) < 4.78 is 5.43. The third-order valence-electron chi connectivity index (χ3n) is 13.6. The van der Waals surface area contributed by atoms with Gasteiger partial charge >= 0.3 is 5.97 Å². The predicted molar refractivity (Wildman–Crippen MR) is 140 cm³/mol. The van der Waals surface area contributed by atoms with E-state index in [1.165, 1.54) is 12.7 Å². The number of esters is 1. The van der Waals surface area contributed by atoms with Crippen molar-refractivity contribution in [2.75, 3.05) is 7.11 Å². The number of carbonyl (C=O) groups is 1. The minimum absolute atomic E-state index is 0.0144. The summed E-state index contributed by atoms with van der Waals surface area (Å²) in [6.07, 6.45) is 7.88. The van der Waals surface area contributed by atoms with Gasteiger partial charge in [-0.1, -0.05) is 53.2 Å². The molecule has 0 saturated heterocycles. The zero-order chi connectivity index (χ0) is 26.7. The Morgan fingerprint density at radius 2 is 1.64 bits per heavy atom. The molecule has 5 nitrogen and oxygen atoms in total. The Hall–Kier alpha value is -0.910. The lowest BCUT2D eigenvalue weighted by Gasteiger charge is -2.72. The van der Waals surface area contributed by atoms with Crippen LogP contribution in [0.3, 0.4) is 0 Å². The van der Waals surface area contributed by atoms with Gasteiger partial charge in [0.05, 0.1) is 30.3 Å². The number of hydrogen-bond donors (Lipinski definition) is 3. The monoisotopic (exact) mass is 502 g/mol. The SMILES string of the molecule is COC(=O)[C@]12CC[C@@H](C)[C@@](C)(O)[C@H]1C1=CC[C@@H]3[C@@]4(C)C[C@H](O)[C@H](O)C(C)(C)[C@@H]4CC[C@@]3(C)[C@]1(C)CC2. The second-order valence-electron chi connectivity index (χ2n) is 15.1. The second-order valence-corrected chi connectivity index (χ2v) is 15.1. The van der Waals surface area contributed by atoms with Crippen LogP contribution in [0.4, 0.5) is 0 Å². The molecule has 0 heterocycles. The minimum Gasteiger partial charge on any atom is -0.469 e. The fraction of sp³-hybridized carbons (Fsp3) is 0.903. The molecule has 0 aromatic rings. The molecule has 0 spiro atoms. The highest BCUT2D eigenvalue weighted by Gasteiger charge is 2.72. The average molecular weight is 503 g/mol. The zero-order valence-electron chi connectivity index (χ0n) is 23.9. The number of allylic oxidation sites excluding steroid dienone is 1. The van der Waals surface area contributed by atoms with Crippen LogP contribution in [0, 0.1) is 50.7 Å². The molecule has 0 unspecified atom stereocenters. The van der Waals surface area contributed by atoms with E-state index in [0.29, 0.717) is 18.3 Å². The summed E-state index contributed by atoms with van der Waals surface area (Å²) in [6, 6.07) is 0. The molecule has 5 rings (SSSR count). The van der Waals surface area contributed by atoms with Crippen LogP contribution in [0.1, 0.15) is 99.8 Å². The highest BCUT2D eigenvalue weighted by molar-refractivity contribution is 5.79. The summed E-state index contributed by atoms with van der Waals surface area (Å²) in [5, 5.41) is 34.0. The summed E-state index contributed by atoms with van der Waals surface area (Å²) in [6.45, 7) is 15.6. The smallest absolute Gasteiger partial charge is 0.312 e. The topological polar surface area (TPSA) is 87.0 Å². The molecular formula is C31H50O5. The molecule has 0 amide bonds. The van der Waals surface area contributed by atoms with E-state index in [-0.39, 0.29) is 39.5 Å². The number of methoxy groups -OCH3 is 1. The van der Waals surface area contributed by atoms with Gasteiger partial charge in [-0.15, -0.1) is 0 Å². The second kappa shape index (κ2) is 7.82. The van der Waals surface area contributed by atoms with Gasteiger partial charge in [0.15, 0.2) is 0 Å². The molecule has 5 aliphatic carbocycles. The summed E-state index contributed by atoms with van der Waals surface area (Å²) in [4.78, 5) is 13.4. The lowest BCUT2D eigenvalue weighted by Crippen LogP contribution is -2.68. The van der Waals surface area contributed by atoms with Gasteiger partial charge in [-0.25, -0.2) is 0 Å². The number of aliphatic hydroxyl groups excluding tert-OH is 2. The maximum absolute atomic E-state index is 13.4. The Bertz CT molecular complexity index is 968. The standard InChI is InChI=1S/C31H50O5/c1-18-11-14-31(25(34)36-8)16-15-28(5)19(23(31)30(18,7)35)9-10-22-27(4)17-20(32)24(33)26(2,3)21(27)12-13-29(22,28)6/h9,18,20-24,32-33,35H,10-17H2,1-8H3/t18-,20+,21+,22-,23-,24+,27+,28-,29-,30-,31+/m1/s1. The van der Waals surface area contributed by atoms with Crippen LogP contribution in [-0.4, -0.2) is 46.2 Å². The lowest BCUT2D eigenvalue weighted by molar-refractivity contribution is -0.237.